The third-order valence-electron chi connectivity index (χ3n) is 2.61. The van der Waals surface area contributed by atoms with Crippen molar-refractivity contribution in [2.75, 3.05) is 5.32 Å². The maximum atomic E-state index is 12.0. The van der Waals surface area contributed by atoms with Crippen LogP contribution in [0, 0.1) is 5.41 Å². The minimum absolute atomic E-state index is 0.169. The highest BCUT2D eigenvalue weighted by atomic mass is 79.9. The first-order chi connectivity index (χ1) is 7.90. The van der Waals surface area contributed by atoms with Gasteiger partial charge in [0.15, 0.2) is 5.82 Å². The molecule has 0 fully saturated rings. The number of hydrogen-bond acceptors (Lipinski definition) is 4. The third kappa shape index (κ3) is 3.19. The molecule has 1 atom stereocenters. The van der Waals surface area contributed by atoms with Gasteiger partial charge in [0.05, 0.1) is 22.8 Å². The Morgan fingerprint density at radius 3 is 2.65 bits per heavy atom. The number of nitrogens with zero attached hydrogens (tertiary/aromatic N) is 2. The van der Waals surface area contributed by atoms with Gasteiger partial charge in [-0.2, -0.15) is 0 Å². The van der Waals surface area contributed by atoms with Crippen molar-refractivity contribution in [1.29, 1.82) is 0 Å². The van der Waals surface area contributed by atoms with Gasteiger partial charge in [-0.05, 0) is 29.3 Å². The van der Waals surface area contributed by atoms with E-state index in [1.165, 1.54) is 12.4 Å². The van der Waals surface area contributed by atoms with E-state index < -0.39 is 5.41 Å². The van der Waals surface area contributed by atoms with Crippen LogP contribution >= 0.6 is 28.1 Å². The number of aromatic nitrogens is 2. The number of nitrogens with one attached hydrogen (secondary N) is 1. The Kier molecular flexibility index (Phi) is 4.53. The standard InChI is InChI=1S/C10H13BrN4OS/c1-3-10(2,8(12)17)9(16)15-7-5-13-6(11)4-14-7/h4-5H,3H2,1-2H3,(H2,12,17)(H,14,15,16). The molecule has 0 aliphatic carbocycles. The highest BCUT2D eigenvalue weighted by Gasteiger charge is 2.34. The summed E-state index contributed by atoms with van der Waals surface area (Å²) < 4.78 is 0.600. The van der Waals surface area contributed by atoms with Crippen molar-refractivity contribution < 1.29 is 4.79 Å². The van der Waals surface area contributed by atoms with Crippen LogP contribution in [0.3, 0.4) is 0 Å². The number of thiocarbonyl (C=S) groups is 1. The van der Waals surface area contributed by atoms with Gasteiger partial charge < -0.3 is 11.1 Å². The Hall–Kier alpha value is -1.08. The molecule has 5 nitrogen and oxygen atoms in total. The summed E-state index contributed by atoms with van der Waals surface area (Å²) in [5.74, 6) is 0.0956. The second kappa shape index (κ2) is 5.50. The van der Waals surface area contributed by atoms with Crippen molar-refractivity contribution in [2.24, 2.45) is 11.1 Å². The fraction of sp³-hybridized carbons (Fsp3) is 0.400. The first-order valence-electron chi connectivity index (χ1n) is 4.99. The molecule has 92 valence electrons. The number of hydrogen-bond donors (Lipinski definition) is 2. The smallest absolute Gasteiger partial charge is 0.238 e. The molecule has 0 spiro atoms. The predicted molar refractivity (Wildman–Crippen MR) is 73.5 cm³/mol. The molecule has 0 saturated heterocycles. The highest BCUT2D eigenvalue weighted by molar-refractivity contribution is 9.10. The van der Waals surface area contributed by atoms with Crippen molar-refractivity contribution in [3.05, 3.63) is 17.0 Å². The number of amides is 1. The molecule has 0 aliphatic rings. The molecule has 1 heterocycles. The maximum Gasteiger partial charge on any atom is 0.238 e. The fourth-order valence-electron chi connectivity index (χ4n) is 1.08. The lowest BCUT2D eigenvalue weighted by molar-refractivity contribution is -0.121. The molecule has 0 saturated carbocycles. The summed E-state index contributed by atoms with van der Waals surface area (Å²) >= 11 is 8.08. The van der Waals surface area contributed by atoms with Gasteiger partial charge in [0.1, 0.15) is 4.60 Å². The lowest BCUT2D eigenvalue weighted by Crippen LogP contribution is -2.43. The summed E-state index contributed by atoms with van der Waals surface area (Å²) in [6.07, 6.45) is 3.48. The molecule has 1 unspecified atom stereocenters. The van der Waals surface area contributed by atoms with E-state index in [0.29, 0.717) is 16.8 Å². The van der Waals surface area contributed by atoms with E-state index in [-0.39, 0.29) is 10.9 Å². The molecule has 1 aromatic heterocycles. The van der Waals surface area contributed by atoms with Crippen LogP contribution in [0.4, 0.5) is 5.82 Å². The van der Waals surface area contributed by atoms with E-state index in [1.807, 2.05) is 6.92 Å². The Morgan fingerprint density at radius 2 is 2.24 bits per heavy atom. The molecule has 1 aromatic rings. The molecule has 7 heteroatoms. The fourth-order valence-corrected chi connectivity index (χ4v) is 1.52. The second-order valence-electron chi connectivity index (χ2n) is 3.73. The number of halogens is 1. The molecule has 1 rings (SSSR count). The predicted octanol–water partition coefficient (Wildman–Crippen LogP) is 1.88. The van der Waals surface area contributed by atoms with Crippen LogP contribution in [0.25, 0.3) is 0 Å². The largest absolute Gasteiger partial charge is 0.392 e. The molecule has 0 aromatic carbocycles. The van der Waals surface area contributed by atoms with E-state index in [0.717, 1.165) is 0 Å². The normalized spacial score (nSPS) is 13.8. The van der Waals surface area contributed by atoms with E-state index in [9.17, 15) is 4.79 Å². The average molecular weight is 317 g/mol. The number of nitrogens with two attached hydrogens (primary N) is 1. The second-order valence-corrected chi connectivity index (χ2v) is 4.98. The van der Waals surface area contributed by atoms with Crippen molar-refractivity contribution >= 4 is 44.9 Å². The number of carbonyl (C=O) groups excluding carboxylic acids is 1. The van der Waals surface area contributed by atoms with Crippen LogP contribution in [0.1, 0.15) is 20.3 Å². The van der Waals surface area contributed by atoms with Gasteiger partial charge >= 0.3 is 0 Å². The molecule has 1 amide bonds. The van der Waals surface area contributed by atoms with Gasteiger partial charge in [-0.3, -0.25) is 4.79 Å². The van der Waals surface area contributed by atoms with E-state index in [2.05, 4.69) is 31.2 Å². The molecular formula is C10H13BrN4OS. The number of anilines is 1. The van der Waals surface area contributed by atoms with Gasteiger partial charge in [-0.15, -0.1) is 0 Å². The monoisotopic (exact) mass is 316 g/mol. The van der Waals surface area contributed by atoms with Crippen LogP contribution in [-0.4, -0.2) is 20.9 Å². The Morgan fingerprint density at radius 1 is 1.59 bits per heavy atom. The van der Waals surface area contributed by atoms with Gasteiger partial charge in [-0.1, -0.05) is 19.1 Å². The summed E-state index contributed by atoms with van der Waals surface area (Å²) in [7, 11) is 0. The average Bonchev–Trinajstić information content (AvgIpc) is 2.30. The molecule has 0 aliphatic heterocycles. The third-order valence-corrected chi connectivity index (χ3v) is 3.47. The lowest BCUT2D eigenvalue weighted by atomic mass is 9.86. The van der Waals surface area contributed by atoms with E-state index in [1.54, 1.807) is 6.92 Å². The summed E-state index contributed by atoms with van der Waals surface area (Å²) in [6.45, 7) is 3.56. The maximum absolute atomic E-state index is 12.0. The van der Waals surface area contributed by atoms with Crippen LogP contribution in [-0.2, 0) is 4.79 Å². The zero-order chi connectivity index (χ0) is 13.1. The lowest BCUT2D eigenvalue weighted by Gasteiger charge is -2.25. The van der Waals surface area contributed by atoms with Crippen LogP contribution < -0.4 is 11.1 Å². The van der Waals surface area contributed by atoms with Crippen molar-refractivity contribution in [2.45, 2.75) is 20.3 Å². The quantitative estimate of drug-likeness (QED) is 0.829. The molecule has 3 N–H and O–H groups in total. The summed E-state index contributed by atoms with van der Waals surface area (Å²) in [4.78, 5) is 20.2. The van der Waals surface area contributed by atoms with Crippen molar-refractivity contribution in [1.82, 2.24) is 9.97 Å². The zero-order valence-electron chi connectivity index (χ0n) is 9.53. The van der Waals surface area contributed by atoms with E-state index >= 15 is 0 Å². The van der Waals surface area contributed by atoms with Gasteiger partial charge in [-0.25, -0.2) is 9.97 Å². The minimum Gasteiger partial charge on any atom is -0.392 e. The minimum atomic E-state index is -0.871. The SMILES string of the molecule is CCC(C)(C(=O)Nc1cnc(Br)cn1)C(N)=S. The van der Waals surface area contributed by atoms with Crippen molar-refractivity contribution in [3.63, 3.8) is 0 Å². The topological polar surface area (TPSA) is 80.9 Å². The zero-order valence-corrected chi connectivity index (χ0v) is 11.9. The Bertz CT molecular complexity index is 436. The van der Waals surface area contributed by atoms with Gasteiger partial charge in [0.25, 0.3) is 0 Å². The Labute approximate surface area is 113 Å². The van der Waals surface area contributed by atoms with Gasteiger partial charge in [0, 0.05) is 0 Å². The molecule has 0 radical (unpaired) electrons. The van der Waals surface area contributed by atoms with Crippen LogP contribution in [0.2, 0.25) is 0 Å². The van der Waals surface area contributed by atoms with Crippen molar-refractivity contribution in [3.8, 4) is 0 Å². The summed E-state index contributed by atoms with van der Waals surface area (Å²) in [5, 5.41) is 2.64. The van der Waals surface area contributed by atoms with Gasteiger partial charge in [0.2, 0.25) is 5.91 Å². The molecular weight excluding hydrogens is 304 g/mol. The summed E-state index contributed by atoms with van der Waals surface area (Å²) in [6, 6.07) is 0. The number of carbonyl (C=O) groups is 1. The first kappa shape index (κ1) is 14.0. The first-order valence-corrected chi connectivity index (χ1v) is 6.19. The molecule has 0 bridgehead atoms. The van der Waals surface area contributed by atoms with E-state index in [4.69, 9.17) is 18.0 Å². The molecule has 17 heavy (non-hydrogen) atoms. The van der Waals surface area contributed by atoms with Crippen LogP contribution in [0.15, 0.2) is 17.0 Å². The van der Waals surface area contributed by atoms with Crippen LogP contribution in [0.5, 0.6) is 0 Å². The summed E-state index contributed by atoms with van der Waals surface area (Å²) in [5.41, 5.74) is 4.72. The Balaban J connectivity index is 2.85. The highest BCUT2D eigenvalue weighted by Crippen LogP contribution is 2.23. The number of rotatable bonds is 4.